The maximum absolute atomic E-state index is 11.7. The first kappa shape index (κ1) is 12.8. The van der Waals surface area contributed by atoms with E-state index in [0.29, 0.717) is 12.3 Å². The quantitative estimate of drug-likeness (QED) is 0.718. The molecule has 1 N–H and O–H groups in total. The number of amides is 1. The van der Waals surface area contributed by atoms with E-state index in [2.05, 4.69) is 0 Å². The van der Waals surface area contributed by atoms with Crippen molar-refractivity contribution in [1.82, 2.24) is 4.90 Å². The largest absolute Gasteiger partial charge is 0.481 e. The van der Waals surface area contributed by atoms with Gasteiger partial charge in [-0.2, -0.15) is 5.26 Å². The number of nitriles is 1. The lowest BCUT2D eigenvalue weighted by atomic mass is 10.1. The van der Waals surface area contributed by atoms with E-state index in [4.69, 9.17) is 10.4 Å². The topological polar surface area (TPSA) is 81.4 Å². The van der Waals surface area contributed by atoms with Gasteiger partial charge in [-0.05, 0) is 12.8 Å². The van der Waals surface area contributed by atoms with Crippen molar-refractivity contribution in [2.45, 2.75) is 25.3 Å². The number of aliphatic carboxylic acids is 1. The van der Waals surface area contributed by atoms with Gasteiger partial charge in [0.25, 0.3) is 0 Å². The van der Waals surface area contributed by atoms with Gasteiger partial charge in [-0.25, -0.2) is 0 Å². The zero-order valence-electron chi connectivity index (χ0n) is 8.89. The van der Waals surface area contributed by atoms with Crippen LogP contribution in [0.4, 0.5) is 0 Å². The third kappa shape index (κ3) is 3.74. The van der Waals surface area contributed by atoms with E-state index >= 15 is 0 Å². The van der Waals surface area contributed by atoms with Gasteiger partial charge in [-0.3, -0.25) is 9.59 Å². The van der Waals surface area contributed by atoms with Gasteiger partial charge in [0.1, 0.15) is 0 Å². The molecule has 0 aromatic rings. The molecule has 0 spiro atoms. The van der Waals surface area contributed by atoms with E-state index in [1.165, 1.54) is 11.8 Å². The molecule has 0 aromatic carbocycles. The Morgan fingerprint density at radius 1 is 1.56 bits per heavy atom. The highest BCUT2D eigenvalue weighted by Crippen LogP contribution is 2.21. The van der Waals surface area contributed by atoms with Crippen LogP contribution in [0.5, 0.6) is 0 Å². The fourth-order valence-electron chi connectivity index (χ4n) is 1.84. The van der Waals surface area contributed by atoms with Crippen LogP contribution in [0.2, 0.25) is 0 Å². The molecule has 1 rings (SSSR count). The number of carboxylic acids is 1. The fourth-order valence-corrected chi connectivity index (χ4v) is 2.38. The number of thioether (sulfide) groups is 1. The average molecular weight is 242 g/mol. The molecule has 1 aliphatic rings. The number of carboxylic acid groups (broad SMARTS) is 1. The minimum atomic E-state index is -0.866. The molecule has 0 aromatic heterocycles. The van der Waals surface area contributed by atoms with Gasteiger partial charge in [0.15, 0.2) is 0 Å². The van der Waals surface area contributed by atoms with Crippen molar-refractivity contribution in [1.29, 1.82) is 5.26 Å². The summed E-state index contributed by atoms with van der Waals surface area (Å²) in [5, 5.41) is 17.0. The Morgan fingerprint density at radius 3 is 2.94 bits per heavy atom. The van der Waals surface area contributed by atoms with Gasteiger partial charge >= 0.3 is 5.97 Å². The van der Waals surface area contributed by atoms with Crippen LogP contribution in [-0.2, 0) is 9.59 Å². The first-order valence-electron chi connectivity index (χ1n) is 5.11. The molecule has 5 nitrogen and oxygen atoms in total. The summed E-state index contributed by atoms with van der Waals surface area (Å²) in [5.74, 6) is -0.356. The summed E-state index contributed by atoms with van der Waals surface area (Å²) < 4.78 is 0. The summed E-state index contributed by atoms with van der Waals surface area (Å²) in [4.78, 5) is 23.9. The third-order valence-electron chi connectivity index (χ3n) is 2.50. The lowest BCUT2D eigenvalue weighted by molar-refractivity contribution is -0.139. The number of hydrogen-bond donors (Lipinski definition) is 1. The van der Waals surface area contributed by atoms with Crippen molar-refractivity contribution in [3.05, 3.63) is 0 Å². The first-order chi connectivity index (χ1) is 7.65. The average Bonchev–Trinajstić information content (AvgIpc) is 2.65. The van der Waals surface area contributed by atoms with Crippen LogP contribution in [0, 0.1) is 11.3 Å². The maximum atomic E-state index is 11.7. The van der Waals surface area contributed by atoms with Crippen LogP contribution < -0.4 is 0 Å². The molecule has 0 radical (unpaired) electrons. The van der Waals surface area contributed by atoms with Gasteiger partial charge in [-0.15, -0.1) is 11.8 Å². The zero-order valence-corrected chi connectivity index (χ0v) is 9.70. The van der Waals surface area contributed by atoms with Gasteiger partial charge in [0.2, 0.25) is 5.91 Å². The van der Waals surface area contributed by atoms with Crippen LogP contribution in [-0.4, -0.2) is 46.0 Å². The predicted octanol–water partition coefficient (Wildman–Crippen LogP) is 0.709. The summed E-state index contributed by atoms with van der Waals surface area (Å²) in [6.07, 6.45) is 1.65. The summed E-state index contributed by atoms with van der Waals surface area (Å²) in [6.45, 7) is 0.643. The van der Waals surface area contributed by atoms with Crippen LogP contribution in [0.1, 0.15) is 19.3 Å². The second-order valence-corrected chi connectivity index (χ2v) is 4.62. The summed E-state index contributed by atoms with van der Waals surface area (Å²) in [6, 6.07) is 1.80. The van der Waals surface area contributed by atoms with E-state index in [0.717, 1.165) is 12.8 Å². The molecule has 1 aliphatic heterocycles. The lowest BCUT2D eigenvalue weighted by Crippen LogP contribution is -2.38. The van der Waals surface area contributed by atoms with Crippen LogP contribution in [0.3, 0.4) is 0 Å². The Hall–Kier alpha value is -1.22. The minimum absolute atomic E-state index is 0.0225. The molecule has 88 valence electrons. The summed E-state index contributed by atoms with van der Waals surface area (Å²) >= 11 is 1.27. The van der Waals surface area contributed by atoms with Gasteiger partial charge in [0, 0.05) is 12.6 Å². The Morgan fingerprint density at radius 2 is 2.31 bits per heavy atom. The minimum Gasteiger partial charge on any atom is -0.481 e. The maximum Gasteiger partial charge on any atom is 0.305 e. The van der Waals surface area contributed by atoms with Gasteiger partial charge < -0.3 is 10.0 Å². The second-order valence-electron chi connectivity index (χ2n) is 3.63. The number of carbonyl (C=O) groups excluding carboxylic acids is 1. The highest BCUT2D eigenvalue weighted by Gasteiger charge is 2.29. The highest BCUT2D eigenvalue weighted by molar-refractivity contribution is 8.00. The molecular weight excluding hydrogens is 228 g/mol. The van der Waals surface area contributed by atoms with Crippen molar-refractivity contribution in [2.75, 3.05) is 18.1 Å². The molecule has 0 aliphatic carbocycles. The zero-order chi connectivity index (χ0) is 12.0. The highest BCUT2D eigenvalue weighted by atomic mass is 32.2. The Bertz CT molecular complexity index is 314. The molecule has 1 unspecified atom stereocenters. The van der Waals surface area contributed by atoms with Crippen molar-refractivity contribution < 1.29 is 14.7 Å². The molecule has 6 heteroatoms. The van der Waals surface area contributed by atoms with E-state index < -0.39 is 5.97 Å². The van der Waals surface area contributed by atoms with Crippen molar-refractivity contribution in [2.24, 2.45) is 0 Å². The fraction of sp³-hybridized carbons (Fsp3) is 0.700. The van der Waals surface area contributed by atoms with Crippen molar-refractivity contribution >= 4 is 23.6 Å². The smallest absolute Gasteiger partial charge is 0.305 e. The molecule has 1 saturated heterocycles. The van der Waals surface area contributed by atoms with Crippen molar-refractivity contribution in [3.63, 3.8) is 0 Å². The number of likely N-dealkylation sites (tertiary alicyclic amines) is 1. The molecule has 0 saturated carbocycles. The van der Waals surface area contributed by atoms with Crippen LogP contribution in [0.25, 0.3) is 0 Å². The lowest BCUT2D eigenvalue weighted by Gasteiger charge is -2.23. The number of hydrogen-bond acceptors (Lipinski definition) is 4. The monoisotopic (exact) mass is 242 g/mol. The van der Waals surface area contributed by atoms with Crippen molar-refractivity contribution in [3.8, 4) is 6.07 Å². The Kier molecular flexibility index (Phi) is 5.12. The number of nitrogens with zero attached hydrogens (tertiary/aromatic N) is 2. The predicted molar refractivity (Wildman–Crippen MR) is 59.9 cm³/mol. The van der Waals surface area contributed by atoms with E-state index in [1.54, 1.807) is 4.90 Å². The SMILES string of the molecule is N#CCSCC(=O)N1CCCC1CC(=O)O. The third-order valence-corrected chi connectivity index (χ3v) is 3.28. The normalized spacial score (nSPS) is 19.4. The summed E-state index contributed by atoms with van der Waals surface area (Å²) in [5.41, 5.74) is 0. The molecular formula is C10H14N2O3S. The molecule has 1 heterocycles. The van der Waals surface area contributed by atoms with E-state index in [1.807, 2.05) is 6.07 Å². The molecule has 1 fully saturated rings. The van der Waals surface area contributed by atoms with Crippen LogP contribution >= 0.6 is 11.8 Å². The molecule has 1 atom stereocenters. The standard InChI is InChI=1S/C10H14N2O3S/c11-3-5-16-7-9(13)12-4-1-2-8(12)6-10(14)15/h8H,1-2,4-7H2,(H,14,15). The van der Waals surface area contributed by atoms with Gasteiger partial charge in [-0.1, -0.05) is 0 Å². The van der Waals surface area contributed by atoms with Crippen LogP contribution in [0.15, 0.2) is 0 Å². The van der Waals surface area contributed by atoms with E-state index in [9.17, 15) is 9.59 Å². The Balaban J connectivity index is 2.41. The molecule has 0 bridgehead atoms. The summed E-state index contributed by atoms with van der Waals surface area (Å²) in [7, 11) is 0. The second kappa shape index (κ2) is 6.38. The first-order valence-corrected chi connectivity index (χ1v) is 6.26. The molecule has 16 heavy (non-hydrogen) atoms. The van der Waals surface area contributed by atoms with E-state index in [-0.39, 0.29) is 24.1 Å². The Labute approximate surface area is 98.4 Å². The number of rotatable bonds is 5. The number of carbonyl (C=O) groups is 2. The molecule has 1 amide bonds. The van der Waals surface area contributed by atoms with Gasteiger partial charge in [0.05, 0.1) is 24.0 Å².